The molecule has 3 N–H and O–H groups in total. The Morgan fingerprint density at radius 2 is 1.89 bits per heavy atom. The van der Waals surface area contributed by atoms with Crippen molar-refractivity contribution in [1.82, 2.24) is 15.6 Å². The van der Waals surface area contributed by atoms with Gasteiger partial charge < -0.3 is 15.6 Å². The van der Waals surface area contributed by atoms with E-state index in [2.05, 4.69) is 15.6 Å². The molecular formula is C14H17N3O2. The zero-order valence-corrected chi connectivity index (χ0v) is 10.8. The van der Waals surface area contributed by atoms with Gasteiger partial charge in [-0.3, -0.25) is 9.59 Å². The summed E-state index contributed by atoms with van der Waals surface area (Å²) >= 11 is 0. The summed E-state index contributed by atoms with van der Waals surface area (Å²) in [5, 5.41) is 6.47. The fourth-order valence-corrected chi connectivity index (χ4v) is 1.95. The van der Waals surface area contributed by atoms with Crippen LogP contribution >= 0.6 is 0 Å². The van der Waals surface area contributed by atoms with Gasteiger partial charge in [-0.2, -0.15) is 0 Å². The molecule has 2 amide bonds. The molecule has 19 heavy (non-hydrogen) atoms. The summed E-state index contributed by atoms with van der Waals surface area (Å²) in [6, 6.07) is 7.88. The molecule has 5 nitrogen and oxygen atoms in total. The molecule has 1 aromatic heterocycles. The van der Waals surface area contributed by atoms with E-state index in [1.807, 2.05) is 30.5 Å². The summed E-state index contributed by atoms with van der Waals surface area (Å²) in [7, 11) is 0. The lowest BCUT2D eigenvalue weighted by molar-refractivity contribution is -0.121. The van der Waals surface area contributed by atoms with E-state index in [-0.39, 0.29) is 11.8 Å². The van der Waals surface area contributed by atoms with Crippen molar-refractivity contribution in [1.29, 1.82) is 0 Å². The monoisotopic (exact) mass is 259 g/mol. The van der Waals surface area contributed by atoms with E-state index in [1.165, 1.54) is 6.92 Å². The number of H-pyrrole nitrogens is 1. The predicted octanol–water partition coefficient (Wildman–Crippen LogP) is 0.963. The van der Waals surface area contributed by atoms with Crippen molar-refractivity contribution in [3.63, 3.8) is 0 Å². The average Bonchev–Trinajstić information content (AvgIpc) is 2.78. The van der Waals surface area contributed by atoms with Crippen LogP contribution in [0.3, 0.4) is 0 Å². The molecule has 0 aliphatic heterocycles. The SMILES string of the molecule is CC(=O)NCCNC(=O)Cc1c[nH]c2ccccc12. The lowest BCUT2D eigenvalue weighted by Crippen LogP contribution is -2.34. The third-order valence-electron chi connectivity index (χ3n) is 2.85. The van der Waals surface area contributed by atoms with Gasteiger partial charge in [0, 0.05) is 37.1 Å². The largest absolute Gasteiger partial charge is 0.361 e. The quantitative estimate of drug-likeness (QED) is 0.700. The number of amides is 2. The third kappa shape index (κ3) is 3.58. The second-order valence-electron chi connectivity index (χ2n) is 4.37. The summed E-state index contributed by atoms with van der Waals surface area (Å²) in [5.41, 5.74) is 2.01. The number of hydrogen-bond acceptors (Lipinski definition) is 2. The first-order chi connectivity index (χ1) is 9.16. The minimum Gasteiger partial charge on any atom is -0.361 e. The van der Waals surface area contributed by atoms with Gasteiger partial charge in [-0.1, -0.05) is 18.2 Å². The molecule has 0 radical (unpaired) electrons. The number of fused-ring (bicyclic) bond motifs is 1. The van der Waals surface area contributed by atoms with Gasteiger partial charge in [0.25, 0.3) is 0 Å². The summed E-state index contributed by atoms with van der Waals surface area (Å²) < 4.78 is 0. The second-order valence-corrected chi connectivity index (χ2v) is 4.37. The van der Waals surface area contributed by atoms with Crippen LogP contribution in [0.4, 0.5) is 0 Å². The van der Waals surface area contributed by atoms with Crippen molar-refractivity contribution in [2.75, 3.05) is 13.1 Å². The van der Waals surface area contributed by atoms with Crippen LogP contribution < -0.4 is 10.6 Å². The van der Waals surface area contributed by atoms with Crippen molar-refractivity contribution < 1.29 is 9.59 Å². The molecule has 0 bridgehead atoms. The molecule has 0 aliphatic rings. The van der Waals surface area contributed by atoms with E-state index in [0.29, 0.717) is 19.5 Å². The van der Waals surface area contributed by atoms with Crippen LogP contribution in [0, 0.1) is 0 Å². The molecule has 0 aliphatic carbocycles. The first-order valence-corrected chi connectivity index (χ1v) is 6.23. The number of rotatable bonds is 5. The summed E-state index contributed by atoms with van der Waals surface area (Å²) in [4.78, 5) is 25.6. The highest BCUT2D eigenvalue weighted by Crippen LogP contribution is 2.17. The van der Waals surface area contributed by atoms with Gasteiger partial charge in [0.1, 0.15) is 0 Å². The number of nitrogens with one attached hydrogen (secondary N) is 3. The summed E-state index contributed by atoms with van der Waals surface area (Å²) in [5.74, 6) is -0.138. The lowest BCUT2D eigenvalue weighted by atomic mass is 10.1. The standard InChI is InChI=1S/C14H17N3O2/c1-10(18)15-6-7-16-14(19)8-11-9-17-13-5-3-2-4-12(11)13/h2-5,9,17H,6-8H2,1H3,(H,15,18)(H,16,19). The van der Waals surface area contributed by atoms with Crippen molar-refractivity contribution in [3.05, 3.63) is 36.0 Å². The van der Waals surface area contributed by atoms with E-state index >= 15 is 0 Å². The molecule has 0 spiro atoms. The van der Waals surface area contributed by atoms with Gasteiger partial charge in [-0.25, -0.2) is 0 Å². The predicted molar refractivity (Wildman–Crippen MR) is 73.7 cm³/mol. The van der Waals surface area contributed by atoms with E-state index in [1.54, 1.807) is 0 Å². The Morgan fingerprint density at radius 3 is 2.68 bits per heavy atom. The molecule has 2 rings (SSSR count). The van der Waals surface area contributed by atoms with E-state index in [9.17, 15) is 9.59 Å². The van der Waals surface area contributed by atoms with Crippen LogP contribution in [-0.2, 0) is 16.0 Å². The van der Waals surface area contributed by atoms with E-state index in [4.69, 9.17) is 0 Å². The van der Waals surface area contributed by atoms with Crippen molar-refractivity contribution in [2.45, 2.75) is 13.3 Å². The maximum atomic E-state index is 11.8. The zero-order valence-electron chi connectivity index (χ0n) is 10.8. The number of para-hydroxylation sites is 1. The van der Waals surface area contributed by atoms with Gasteiger partial charge in [-0.15, -0.1) is 0 Å². The highest BCUT2D eigenvalue weighted by Gasteiger charge is 2.07. The zero-order chi connectivity index (χ0) is 13.7. The molecule has 0 fully saturated rings. The van der Waals surface area contributed by atoms with E-state index < -0.39 is 0 Å². The van der Waals surface area contributed by atoms with Crippen LogP contribution in [0.1, 0.15) is 12.5 Å². The smallest absolute Gasteiger partial charge is 0.224 e. The van der Waals surface area contributed by atoms with E-state index in [0.717, 1.165) is 16.5 Å². The number of hydrogen-bond donors (Lipinski definition) is 3. The minimum absolute atomic E-state index is 0.0462. The Kier molecular flexibility index (Phi) is 4.18. The molecule has 100 valence electrons. The first-order valence-electron chi connectivity index (χ1n) is 6.23. The van der Waals surface area contributed by atoms with Crippen molar-refractivity contribution >= 4 is 22.7 Å². The Labute approximate surface area is 111 Å². The summed E-state index contributed by atoms with van der Waals surface area (Å²) in [6.45, 7) is 2.35. The maximum Gasteiger partial charge on any atom is 0.224 e. The fourth-order valence-electron chi connectivity index (χ4n) is 1.95. The van der Waals surface area contributed by atoms with Crippen molar-refractivity contribution in [3.8, 4) is 0 Å². The molecule has 1 aromatic carbocycles. The molecule has 5 heteroatoms. The van der Waals surface area contributed by atoms with Crippen molar-refractivity contribution in [2.24, 2.45) is 0 Å². The summed E-state index contributed by atoms with van der Waals surface area (Å²) in [6.07, 6.45) is 2.20. The van der Waals surface area contributed by atoms with Crippen LogP contribution in [0.5, 0.6) is 0 Å². The molecule has 0 unspecified atom stereocenters. The maximum absolute atomic E-state index is 11.8. The normalized spacial score (nSPS) is 10.4. The van der Waals surface area contributed by atoms with Gasteiger partial charge in [-0.05, 0) is 11.6 Å². The Bertz CT molecular complexity index is 589. The molecule has 0 atom stereocenters. The number of aromatic nitrogens is 1. The number of carbonyl (C=O) groups excluding carboxylic acids is 2. The third-order valence-corrected chi connectivity index (χ3v) is 2.85. The minimum atomic E-state index is -0.0918. The highest BCUT2D eigenvalue weighted by molar-refractivity contribution is 5.88. The first kappa shape index (κ1) is 13.1. The topological polar surface area (TPSA) is 74.0 Å². The lowest BCUT2D eigenvalue weighted by Gasteiger charge is -2.05. The highest BCUT2D eigenvalue weighted by atomic mass is 16.2. The van der Waals surface area contributed by atoms with Gasteiger partial charge in [0.05, 0.1) is 6.42 Å². The van der Waals surface area contributed by atoms with Crippen LogP contribution in [0.2, 0.25) is 0 Å². The Balaban J connectivity index is 1.87. The van der Waals surface area contributed by atoms with Gasteiger partial charge in [0.2, 0.25) is 11.8 Å². The molecule has 1 heterocycles. The number of carbonyl (C=O) groups is 2. The van der Waals surface area contributed by atoms with Crippen LogP contribution in [0.25, 0.3) is 10.9 Å². The molecule has 0 saturated carbocycles. The molecule has 0 saturated heterocycles. The van der Waals surface area contributed by atoms with Crippen LogP contribution in [0.15, 0.2) is 30.5 Å². The van der Waals surface area contributed by atoms with Gasteiger partial charge in [0.15, 0.2) is 0 Å². The number of benzene rings is 1. The van der Waals surface area contributed by atoms with Crippen LogP contribution in [-0.4, -0.2) is 29.9 Å². The Hall–Kier alpha value is -2.30. The van der Waals surface area contributed by atoms with Gasteiger partial charge >= 0.3 is 0 Å². The molecule has 2 aromatic rings. The Morgan fingerprint density at radius 1 is 1.16 bits per heavy atom. The fraction of sp³-hybridized carbons (Fsp3) is 0.286. The second kappa shape index (κ2) is 6.04. The number of aromatic amines is 1. The molecular weight excluding hydrogens is 242 g/mol. The average molecular weight is 259 g/mol.